The molecule has 3 rings (SSSR count). The summed E-state index contributed by atoms with van der Waals surface area (Å²) in [6, 6.07) is 13.6. The van der Waals surface area contributed by atoms with E-state index in [1.54, 1.807) is 13.8 Å². The first-order valence-corrected chi connectivity index (χ1v) is 9.13. The SMILES string of the molecule is CCOC(=O)C1=C(C)OC(N)=C(C#N)C1c1c(OCC)ccc2ccccc12. The van der Waals surface area contributed by atoms with Gasteiger partial charge in [0.15, 0.2) is 0 Å². The summed E-state index contributed by atoms with van der Waals surface area (Å²) < 4.78 is 16.6. The predicted octanol–water partition coefficient (Wildman–Crippen LogP) is 3.88. The number of ether oxygens (including phenoxy) is 3. The van der Waals surface area contributed by atoms with Crippen LogP contribution in [-0.2, 0) is 14.3 Å². The van der Waals surface area contributed by atoms with E-state index in [2.05, 4.69) is 6.07 Å². The summed E-state index contributed by atoms with van der Waals surface area (Å²) in [6.07, 6.45) is 0. The van der Waals surface area contributed by atoms with E-state index in [1.807, 2.05) is 43.3 Å². The molecule has 1 heterocycles. The molecule has 0 fully saturated rings. The van der Waals surface area contributed by atoms with Gasteiger partial charge in [-0.05, 0) is 37.6 Å². The molecule has 0 aliphatic carbocycles. The van der Waals surface area contributed by atoms with Crippen molar-refractivity contribution in [3.8, 4) is 11.8 Å². The van der Waals surface area contributed by atoms with Crippen LogP contribution in [0.4, 0.5) is 0 Å². The van der Waals surface area contributed by atoms with Gasteiger partial charge in [0.2, 0.25) is 5.88 Å². The van der Waals surface area contributed by atoms with E-state index in [0.29, 0.717) is 23.7 Å². The molecule has 0 saturated heterocycles. The molecule has 0 spiro atoms. The van der Waals surface area contributed by atoms with Crippen molar-refractivity contribution in [3.05, 3.63) is 64.8 Å². The molecule has 1 aliphatic rings. The standard InChI is InChI=1S/C22H22N2O4/c1-4-26-17-11-10-14-8-6-7-9-15(14)19(17)20-16(12-23)21(24)28-13(3)18(20)22(25)27-5-2/h6-11,20H,4-5,24H2,1-3H3. The number of esters is 1. The highest BCUT2D eigenvalue weighted by atomic mass is 16.5. The Balaban J connectivity index is 2.36. The molecule has 0 radical (unpaired) electrons. The Labute approximate surface area is 163 Å². The lowest BCUT2D eigenvalue weighted by Gasteiger charge is -2.29. The van der Waals surface area contributed by atoms with Gasteiger partial charge in [-0.25, -0.2) is 4.79 Å². The van der Waals surface area contributed by atoms with Gasteiger partial charge in [0.25, 0.3) is 0 Å². The van der Waals surface area contributed by atoms with Crippen LogP contribution in [0.1, 0.15) is 32.3 Å². The van der Waals surface area contributed by atoms with Crippen molar-refractivity contribution in [1.82, 2.24) is 0 Å². The van der Waals surface area contributed by atoms with Crippen LogP contribution in [0, 0.1) is 11.3 Å². The summed E-state index contributed by atoms with van der Waals surface area (Å²) in [5, 5.41) is 11.7. The molecule has 1 aliphatic heterocycles. The van der Waals surface area contributed by atoms with Crippen molar-refractivity contribution in [2.45, 2.75) is 26.7 Å². The van der Waals surface area contributed by atoms with Crippen LogP contribution in [0.3, 0.4) is 0 Å². The zero-order chi connectivity index (χ0) is 20.3. The van der Waals surface area contributed by atoms with E-state index in [1.165, 1.54) is 0 Å². The predicted molar refractivity (Wildman–Crippen MR) is 105 cm³/mol. The summed E-state index contributed by atoms with van der Waals surface area (Å²) >= 11 is 0. The molecular weight excluding hydrogens is 356 g/mol. The minimum Gasteiger partial charge on any atom is -0.494 e. The smallest absolute Gasteiger partial charge is 0.338 e. The molecule has 0 saturated carbocycles. The van der Waals surface area contributed by atoms with E-state index in [4.69, 9.17) is 19.9 Å². The number of rotatable bonds is 5. The number of nitriles is 1. The van der Waals surface area contributed by atoms with Crippen LogP contribution in [-0.4, -0.2) is 19.2 Å². The Morgan fingerprint density at radius 3 is 2.64 bits per heavy atom. The molecule has 6 heteroatoms. The van der Waals surface area contributed by atoms with Gasteiger partial charge in [-0.1, -0.05) is 30.3 Å². The number of hydrogen-bond acceptors (Lipinski definition) is 6. The zero-order valence-electron chi connectivity index (χ0n) is 16.1. The minimum absolute atomic E-state index is 0.0200. The molecular formula is C22H22N2O4. The van der Waals surface area contributed by atoms with E-state index >= 15 is 0 Å². The molecule has 2 aromatic carbocycles. The number of benzene rings is 2. The van der Waals surface area contributed by atoms with E-state index < -0.39 is 11.9 Å². The number of carbonyl (C=O) groups is 1. The maximum atomic E-state index is 12.8. The Kier molecular flexibility index (Phi) is 5.55. The molecule has 0 aromatic heterocycles. The van der Waals surface area contributed by atoms with Gasteiger partial charge < -0.3 is 19.9 Å². The third-order valence-corrected chi connectivity index (χ3v) is 4.62. The van der Waals surface area contributed by atoms with E-state index in [-0.39, 0.29) is 23.6 Å². The number of allylic oxidation sites excluding steroid dienone is 2. The van der Waals surface area contributed by atoms with Crippen molar-refractivity contribution >= 4 is 16.7 Å². The second-order valence-corrected chi connectivity index (χ2v) is 6.25. The number of fused-ring (bicyclic) bond motifs is 1. The van der Waals surface area contributed by atoms with Crippen molar-refractivity contribution < 1.29 is 19.0 Å². The molecule has 2 N–H and O–H groups in total. The van der Waals surface area contributed by atoms with Crippen LogP contribution < -0.4 is 10.5 Å². The largest absolute Gasteiger partial charge is 0.494 e. The van der Waals surface area contributed by atoms with Gasteiger partial charge in [0, 0.05) is 5.56 Å². The fourth-order valence-electron chi connectivity index (χ4n) is 3.50. The molecule has 2 aromatic rings. The van der Waals surface area contributed by atoms with Crippen molar-refractivity contribution in [1.29, 1.82) is 5.26 Å². The third-order valence-electron chi connectivity index (χ3n) is 4.62. The lowest BCUT2D eigenvalue weighted by Crippen LogP contribution is -2.26. The molecule has 6 nitrogen and oxygen atoms in total. The average molecular weight is 378 g/mol. The van der Waals surface area contributed by atoms with Crippen LogP contribution in [0.25, 0.3) is 10.8 Å². The van der Waals surface area contributed by atoms with Crippen molar-refractivity contribution in [3.63, 3.8) is 0 Å². The van der Waals surface area contributed by atoms with Crippen LogP contribution in [0.5, 0.6) is 5.75 Å². The van der Waals surface area contributed by atoms with Gasteiger partial charge in [0.05, 0.1) is 24.7 Å². The first-order chi connectivity index (χ1) is 13.5. The lowest BCUT2D eigenvalue weighted by atomic mass is 9.80. The first kappa shape index (κ1) is 19.3. The van der Waals surface area contributed by atoms with Gasteiger partial charge in [-0.15, -0.1) is 0 Å². The number of nitrogens with zero attached hydrogens (tertiary/aromatic N) is 1. The topological polar surface area (TPSA) is 94.6 Å². The monoisotopic (exact) mass is 378 g/mol. The number of nitrogens with two attached hydrogens (primary N) is 1. The quantitative estimate of drug-likeness (QED) is 0.794. The van der Waals surface area contributed by atoms with E-state index in [9.17, 15) is 10.1 Å². The second-order valence-electron chi connectivity index (χ2n) is 6.25. The highest BCUT2D eigenvalue weighted by Crippen LogP contribution is 2.46. The first-order valence-electron chi connectivity index (χ1n) is 9.13. The Hall–Kier alpha value is -3.46. The van der Waals surface area contributed by atoms with Crippen LogP contribution >= 0.6 is 0 Å². The molecule has 0 bridgehead atoms. The highest BCUT2D eigenvalue weighted by Gasteiger charge is 2.38. The maximum Gasteiger partial charge on any atom is 0.338 e. The normalized spacial score (nSPS) is 16.6. The average Bonchev–Trinajstić information content (AvgIpc) is 2.67. The zero-order valence-corrected chi connectivity index (χ0v) is 16.1. The fraction of sp³-hybridized carbons (Fsp3) is 0.273. The van der Waals surface area contributed by atoms with Crippen molar-refractivity contribution in [2.24, 2.45) is 5.73 Å². The number of carbonyl (C=O) groups excluding carboxylic acids is 1. The molecule has 28 heavy (non-hydrogen) atoms. The lowest BCUT2D eigenvalue weighted by molar-refractivity contribution is -0.139. The van der Waals surface area contributed by atoms with Crippen molar-refractivity contribution in [2.75, 3.05) is 13.2 Å². The minimum atomic E-state index is -0.745. The summed E-state index contributed by atoms with van der Waals surface area (Å²) in [5.41, 5.74) is 7.13. The summed E-state index contributed by atoms with van der Waals surface area (Å²) in [5.74, 6) is -0.405. The summed E-state index contributed by atoms with van der Waals surface area (Å²) in [6.45, 7) is 5.90. The molecule has 0 amide bonds. The summed E-state index contributed by atoms with van der Waals surface area (Å²) in [4.78, 5) is 12.8. The molecule has 1 unspecified atom stereocenters. The van der Waals surface area contributed by atoms with E-state index in [0.717, 1.165) is 10.8 Å². The van der Waals surface area contributed by atoms with Gasteiger partial charge >= 0.3 is 5.97 Å². The summed E-state index contributed by atoms with van der Waals surface area (Å²) in [7, 11) is 0. The second kappa shape index (κ2) is 8.05. The van der Waals surface area contributed by atoms with Gasteiger partial charge in [-0.3, -0.25) is 0 Å². The van der Waals surface area contributed by atoms with Crippen LogP contribution in [0.2, 0.25) is 0 Å². The maximum absolute atomic E-state index is 12.8. The third kappa shape index (κ3) is 3.27. The van der Waals surface area contributed by atoms with Crippen LogP contribution in [0.15, 0.2) is 59.2 Å². The Morgan fingerprint density at radius 1 is 1.21 bits per heavy atom. The molecule has 1 atom stereocenters. The fourth-order valence-corrected chi connectivity index (χ4v) is 3.50. The van der Waals surface area contributed by atoms with Gasteiger partial charge in [0.1, 0.15) is 23.2 Å². The Bertz CT molecular complexity index is 1030. The highest BCUT2D eigenvalue weighted by molar-refractivity contribution is 5.96. The number of hydrogen-bond donors (Lipinski definition) is 1. The van der Waals surface area contributed by atoms with Gasteiger partial charge in [-0.2, -0.15) is 5.26 Å². The Morgan fingerprint density at radius 2 is 1.96 bits per heavy atom. The molecule has 144 valence electrons.